The van der Waals surface area contributed by atoms with Crippen LogP contribution in [0.2, 0.25) is 0 Å². The zero-order chi connectivity index (χ0) is 15.5. The third-order valence-corrected chi connectivity index (χ3v) is 3.31. The highest BCUT2D eigenvalue weighted by molar-refractivity contribution is 5.38. The van der Waals surface area contributed by atoms with E-state index in [-0.39, 0.29) is 5.88 Å². The van der Waals surface area contributed by atoms with Crippen molar-refractivity contribution in [1.29, 1.82) is 0 Å². The second-order valence-corrected chi connectivity index (χ2v) is 4.65. The number of hydrogen-bond acceptors (Lipinski definition) is 3. The van der Waals surface area contributed by atoms with E-state index < -0.39 is 11.2 Å². The standard InChI is InChI=1S/C17H14N2O3/c1-22-16-12-15(20)18(13-8-4-2-5-9-13)17(21)19(16)14-10-6-3-7-11-14/h2-12H,1H3. The quantitative estimate of drug-likeness (QED) is 0.742. The van der Waals surface area contributed by atoms with E-state index in [2.05, 4.69) is 0 Å². The average Bonchev–Trinajstić information content (AvgIpc) is 2.56. The Morgan fingerprint density at radius 3 is 1.77 bits per heavy atom. The third-order valence-electron chi connectivity index (χ3n) is 3.31. The van der Waals surface area contributed by atoms with Crippen molar-refractivity contribution in [3.05, 3.63) is 87.6 Å². The van der Waals surface area contributed by atoms with Crippen LogP contribution in [0.5, 0.6) is 5.88 Å². The number of hydrogen-bond donors (Lipinski definition) is 0. The number of benzene rings is 2. The third kappa shape index (κ3) is 2.33. The fourth-order valence-corrected chi connectivity index (χ4v) is 2.30. The molecule has 22 heavy (non-hydrogen) atoms. The number of rotatable bonds is 3. The van der Waals surface area contributed by atoms with Crippen molar-refractivity contribution in [3.8, 4) is 17.3 Å². The van der Waals surface area contributed by atoms with Crippen LogP contribution >= 0.6 is 0 Å². The molecule has 2 aromatic carbocycles. The summed E-state index contributed by atoms with van der Waals surface area (Å²) in [5, 5.41) is 0. The Bertz CT molecular complexity index is 897. The summed E-state index contributed by atoms with van der Waals surface area (Å²) >= 11 is 0. The summed E-state index contributed by atoms with van der Waals surface area (Å²) in [6, 6.07) is 19.2. The Kier molecular flexibility index (Phi) is 3.62. The van der Waals surface area contributed by atoms with Gasteiger partial charge in [0.1, 0.15) is 0 Å². The molecule has 5 nitrogen and oxygen atoms in total. The van der Waals surface area contributed by atoms with Crippen molar-refractivity contribution in [2.75, 3.05) is 7.11 Å². The van der Waals surface area contributed by atoms with Crippen LogP contribution in [0.3, 0.4) is 0 Å². The van der Waals surface area contributed by atoms with Gasteiger partial charge in [0, 0.05) is 0 Å². The maximum atomic E-state index is 12.8. The summed E-state index contributed by atoms with van der Waals surface area (Å²) in [4.78, 5) is 25.1. The van der Waals surface area contributed by atoms with E-state index in [0.29, 0.717) is 11.4 Å². The molecule has 0 aliphatic rings. The molecular weight excluding hydrogens is 280 g/mol. The smallest absolute Gasteiger partial charge is 0.343 e. The van der Waals surface area contributed by atoms with Gasteiger partial charge in [0.05, 0.1) is 24.6 Å². The van der Waals surface area contributed by atoms with Gasteiger partial charge in [-0.05, 0) is 24.3 Å². The lowest BCUT2D eigenvalue weighted by Gasteiger charge is -2.14. The summed E-state index contributed by atoms with van der Waals surface area (Å²) in [5.41, 5.74) is 0.251. The van der Waals surface area contributed by atoms with E-state index in [1.807, 2.05) is 24.3 Å². The van der Waals surface area contributed by atoms with Gasteiger partial charge in [-0.15, -0.1) is 0 Å². The second-order valence-electron chi connectivity index (χ2n) is 4.65. The van der Waals surface area contributed by atoms with Gasteiger partial charge in [-0.3, -0.25) is 4.79 Å². The lowest BCUT2D eigenvalue weighted by atomic mass is 10.3. The summed E-state index contributed by atoms with van der Waals surface area (Å²) in [7, 11) is 1.43. The first kappa shape index (κ1) is 13.9. The molecule has 0 saturated heterocycles. The number of nitrogens with zero attached hydrogens (tertiary/aromatic N) is 2. The van der Waals surface area contributed by atoms with Gasteiger partial charge in [-0.1, -0.05) is 36.4 Å². The highest BCUT2D eigenvalue weighted by Gasteiger charge is 2.14. The van der Waals surface area contributed by atoms with Gasteiger partial charge in [-0.25, -0.2) is 13.9 Å². The highest BCUT2D eigenvalue weighted by Crippen LogP contribution is 2.13. The van der Waals surface area contributed by atoms with Crippen LogP contribution in [0.1, 0.15) is 0 Å². The Balaban J connectivity index is 2.36. The molecule has 1 heterocycles. The largest absolute Gasteiger partial charge is 0.482 e. The Labute approximate surface area is 126 Å². The highest BCUT2D eigenvalue weighted by atomic mass is 16.5. The molecule has 0 unspecified atom stereocenters. The van der Waals surface area contributed by atoms with Crippen molar-refractivity contribution >= 4 is 0 Å². The van der Waals surface area contributed by atoms with E-state index in [1.165, 1.54) is 17.7 Å². The van der Waals surface area contributed by atoms with Crippen molar-refractivity contribution in [2.45, 2.75) is 0 Å². The van der Waals surface area contributed by atoms with Gasteiger partial charge in [0.15, 0.2) is 0 Å². The maximum Gasteiger partial charge on any atom is 0.343 e. The van der Waals surface area contributed by atoms with E-state index in [1.54, 1.807) is 36.4 Å². The minimum absolute atomic E-state index is 0.202. The SMILES string of the molecule is COc1cc(=O)n(-c2ccccc2)c(=O)n1-c1ccccc1. The summed E-state index contributed by atoms with van der Waals surface area (Å²) in [6.07, 6.45) is 0. The zero-order valence-electron chi connectivity index (χ0n) is 12.0. The van der Waals surface area contributed by atoms with Gasteiger partial charge < -0.3 is 4.74 Å². The molecule has 0 atom stereocenters. The Morgan fingerprint density at radius 2 is 1.27 bits per heavy atom. The number of aromatic nitrogens is 2. The fourth-order valence-electron chi connectivity index (χ4n) is 2.30. The molecule has 1 aromatic heterocycles. The van der Waals surface area contributed by atoms with Crippen LogP contribution in [0.25, 0.3) is 11.4 Å². The molecule has 0 saturated carbocycles. The molecule has 5 heteroatoms. The molecule has 0 radical (unpaired) electrons. The first-order valence-corrected chi connectivity index (χ1v) is 6.76. The number of para-hydroxylation sites is 2. The summed E-state index contributed by atoms with van der Waals surface area (Å²) < 4.78 is 7.69. The number of ether oxygens (including phenoxy) is 1. The molecule has 0 spiro atoms. The Morgan fingerprint density at radius 1 is 0.773 bits per heavy atom. The first-order chi connectivity index (χ1) is 10.7. The molecule has 3 aromatic rings. The van der Waals surface area contributed by atoms with Crippen LogP contribution in [0.4, 0.5) is 0 Å². The first-order valence-electron chi connectivity index (χ1n) is 6.76. The summed E-state index contributed by atoms with van der Waals surface area (Å²) in [5.74, 6) is 0.202. The van der Waals surface area contributed by atoms with Crippen molar-refractivity contribution in [1.82, 2.24) is 9.13 Å². The lowest BCUT2D eigenvalue weighted by Crippen LogP contribution is -2.38. The molecule has 0 fully saturated rings. The molecule has 0 aliphatic carbocycles. The monoisotopic (exact) mass is 294 g/mol. The van der Waals surface area contributed by atoms with Crippen molar-refractivity contribution in [2.24, 2.45) is 0 Å². The molecular formula is C17H14N2O3. The molecule has 110 valence electrons. The minimum atomic E-state index is -0.471. The van der Waals surface area contributed by atoms with Crippen LogP contribution in [-0.4, -0.2) is 16.2 Å². The number of methoxy groups -OCH3 is 1. The molecule has 3 rings (SSSR count). The maximum absolute atomic E-state index is 12.8. The normalized spacial score (nSPS) is 10.4. The predicted octanol–water partition coefficient (Wildman–Crippen LogP) is 2.00. The average molecular weight is 294 g/mol. The molecule has 0 bridgehead atoms. The van der Waals surface area contributed by atoms with Gasteiger partial charge in [0.25, 0.3) is 5.56 Å². The van der Waals surface area contributed by atoms with Crippen molar-refractivity contribution in [3.63, 3.8) is 0 Å². The zero-order valence-corrected chi connectivity index (χ0v) is 12.0. The van der Waals surface area contributed by atoms with E-state index in [0.717, 1.165) is 4.57 Å². The lowest BCUT2D eigenvalue weighted by molar-refractivity contribution is 0.380. The topological polar surface area (TPSA) is 53.2 Å². The van der Waals surface area contributed by atoms with Gasteiger partial charge in [-0.2, -0.15) is 0 Å². The van der Waals surface area contributed by atoms with Crippen LogP contribution < -0.4 is 16.0 Å². The second kappa shape index (κ2) is 5.73. The van der Waals surface area contributed by atoms with E-state index in [9.17, 15) is 9.59 Å². The predicted molar refractivity (Wildman–Crippen MR) is 84.2 cm³/mol. The van der Waals surface area contributed by atoms with Crippen molar-refractivity contribution < 1.29 is 4.74 Å². The van der Waals surface area contributed by atoms with E-state index in [4.69, 9.17) is 4.74 Å². The summed E-state index contributed by atoms with van der Waals surface area (Å²) in [6.45, 7) is 0. The molecule has 0 N–H and O–H groups in total. The van der Waals surface area contributed by atoms with Crippen LogP contribution in [0, 0.1) is 0 Å². The molecule has 0 aliphatic heterocycles. The Hall–Kier alpha value is -3.08. The minimum Gasteiger partial charge on any atom is -0.482 e. The van der Waals surface area contributed by atoms with Gasteiger partial charge >= 0.3 is 5.69 Å². The fraction of sp³-hybridized carbons (Fsp3) is 0.0588. The van der Waals surface area contributed by atoms with E-state index >= 15 is 0 Å². The van der Waals surface area contributed by atoms with Gasteiger partial charge in [0.2, 0.25) is 5.88 Å². The van der Waals surface area contributed by atoms with Crippen LogP contribution in [-0.2, 0) is 0 Å². The van der Waals surface area contributed by atoms with Crippen LogP contribution in [0.15, 0.2) is 76.3 Å². The molecule has 0 amide bonds.